The molecule has 1 heterocycles. The minimum absolute atomic E-state index is 0.240. The lowest BCUT2D eigenvalue weighted by Crippen LogP contribution is -2.17. The summed E-state index contributed by atoms with van der Waals surface area (Å²) in [6.07, 6.45) is 2.36. The van der Waals surface area contributed by atoms with Crippen molar-refractivity contribution in [1.29, 1.82) is 0 Å². The van der Waals surface area contributed by atoms with Crippen LogP contribution >= 0.6 is 0 Å². The van der Waals surface area contributed by atoms with Gasteiger partial charge in [-0.1, -0.05) is 0 Å². The predicted molar refractivity (Wildman–Crippen MR) is 50.7 cm³/mol. The monoisotopic (exact) mass is 195 g/mol. The van der Waals surface area contributed by atoms with Gasteiger partial charge in [0.25, 0.3) is 11.1 Å². The first-order chi connectivity index (χ1) is 6.59. The molecule has 6 heteroatoms. The van der Waals surface area contributed by atoms with Crippen molar-refractivity contribution >= 4 is 0 Å². The highest BCUT2D eigenvalue weighted by atomic mass is 16.2. The number of hydrogen-bond acceptors (Lipinski definition) is 3. The van der Waals surface area contributed by atoms with E-state index in [2.05, 4.69) is 15.0 Å². The average Bonchev–Trinajstić information content (AvgIpc) is 2.12. The number of rotatable bonds is 0. The van der Waals surface area contributed by atoms with Crippen LogP contribution in [0.4, 0.5) is 0 Å². The zero-order valence-corrected chi connectivity index (χ0v) is 7.46. The van der Waals surface area contributed by atoms with E-state index in [1.54, 1.807) is 0 Å². The van der Waals surface area contributed by atoms with E-state index in [1.807, 2.05) is 0 Å². The third-order valence-corrected chi connectivity index (χ3v) is 1.46. The highest BCUT2D eigenvalue weighted by Gasteiger charge is 1.86. The summed E-state index contributed by atoms with van der Waals surface area (Å²) in [6.45, 7) is 1.48. The lowest BCUT2D eigenvalue weighted by atomic mass is 10.4. The Morgan fingerprint density at radius 3 is 2.57 bits per heavy atom. The molecule has 14 heavy (non-hydrogen) atoms. The number of aromatic nitrogens is 3. The molecule has 0 saturated carbocycles. The van der Waals surface area contributed by atoms with Gasteiger partial charge in [0.15, 0.2) is 0 Å². The molecule has 0 atom stereocenters. The molecule has 3 N–H and O–H groups in total. The average molecular weight is 195 g/mol. The number of aryl methyl sites for hydroxylation is 1. The molecule has 0 saturated heterocycles. The van der Waals surface area contributed by atoms with Gasteiger partial charge in [-0.15, -0.1) is 0 Å². The first-order valence-corrected chi connectivity index (χ1v) is 3.85. The molecule has 0 aliphatic carbocycles. The number of H-pyrrole nitrogens is 3. The molecule has 1 aromatic heterocycles. The van der Waals surface area contributed by atoms with Crippen LogP contribution in [0, 0.1) is 6.92 Å². The first kappa shape index (κ1) is 9.97. The van der Waals surface area contributed by atoms with E-state index in [9.17, 15) is 14.4 Å². The van der Waals surface area contributed by atoms with Gasteiger partial charge >= 0.3 is 5.69 Å². The summed E-state index contributed by atoms with van der Waals surface area (Å²) in [6, 6.07) is 1.05. The van der Waals surface area contributed by atoms with E-state index in [0.29, 0.717) is 0 Å². The summed E-state index contributed by atoms with van der Waals surface area (Å²) < 4.78 is 0. The van der Waals surface area contributed by atoms with Crippen molar-refractivity contribution in [1.82, 2.24) is 15.0 Å². The van der Waals surface area contributed by atoms with Gasteiger partial charge in [-0.25, -0.2) is 4.79 Å². The molecule has 6 nitrogen and oxygen atoms in total. The highest BCUT2D eigenvalue weighted by molar-refractivity contribution is 4.97. The van der Waals surface area contributed by atoms with Gasteiger partial charge in [-0.2, -0.15) is 0 Å². The van der Waals surface area contributed by atoms with Crippen molar-refractivity contribution in [2.45, 2.75) is 6.92 Å². The number of nitrogens with one attached hydrogen (secondary N) is 3. The fourth-order valence-corrected chi connectivity index (χ4v) is 0.726. The van der Waals surface area contributed by atoms with Gasteiger partial charge in [-0.3, -0.25) is 14.6 Å². The van der Waals surface area contributed by atoms with Gasteiger partial charge in [0.1, 0.15) is 0 Å². The van der Waals surface area contributed by atoms with Crippen LogP contribution in [0.2, 0.25) is 0 Å². The summed E-state index contributed by atoms with van der Waals surface area (Å²) in [7, 11) is 0. The smallest absolute Gasteiger partial charge is 0.314 e. The second kappa shape index (κ2) is 4.22. The molecule has 1 aromatic rings. The van der Waals surface area contributed by atoms with Crippen LogP contribution in [0.1, 0.15) is 5.56 Å². The summed E-state index contributed by atoms with van der Waals surface area (Å²) in [5.41, 5.74) is -1.39. The first-order valence-electron chi connectivity index (χ1n) is 3.85. The highest BCUT2D eigenvalue weighted by Crippen LogP contribution is 1.72. The van der Waals surface area contributed by atoms with Gasteiger partial charge < -0.3 is 9.97 Å². The molecule has 0 aromatic carbocycles. The largest absolute Gasteiger partial charge is 0.322 e. The molecular weight excluding hydrogens is 186 g/mol. The lowest BCUT2D eigenvalue weighted by Gasteiger charge is -1.82. The van der Waals surface area contributed by atoms with E-state index in [0.717, 1.165) is 12.3 Å². The van der Waals surface area contributed by atoms with Gasteiger partial charge in [0.2, 0.25) is 0 Å². The zero-order chi connectivity index (χ0) is 10.6. The van der Waals surface area contributed by atoms with E-state index in [1.165, 1.54) is 13.1 Å². The van der Waals surface area contributed by atoms with Crippen LogP contribution in [-0.2, 0) is 0 Å². The molecule has 0 bridgehead atoms. The summed E-state index contributed by atoms with van der Waals surface area (Å²) in [4.78, 5) is 39.7. The second-order valence-corrected chi connectivity index (χ2v) is 2.60. The predicted octanol–water partition coefficient (Wildman–Crippen LogP) is -0.816. The number of hydrogen-bond donors (Lipinski definition) is 3. The van der Waals surface area contributed by atoms with Crippen molar-refractivity contribution in [3.63, 3.8) is 0 Å². The van der Waals surface area contributed by atoms with Crippen LogP contribution in [0.5, 0.6) is 0 Å². The van der Waals surface area contributed by atoms with Gasteiger partial charge in [0, 0.05) is 24.0 Å². The Kier molecular flexibility index (Phi) is 3.01. The molecular formula is C8H9N3O3. The van der Waals surface area contributed by atoms with Crippen molar-refractivity contribution in [3.8, 4) is 0 Å². The van der Waals surface area contributed by atoms with Crippen LogP contribution in [0.25, 0.3) is 0 Å². The normalized spacial score (nSPS) is 9.21. The maximum absolute atomic E-state index is 11.1. The zero-order valence-electron chi connectivity index (χ0n) is 7.46. The molecule has 74 valence electrons. The Morgan fingerprint density at radius 2 is 1.86 bits per heavy atom. The number of aromatic amines is 3. The van der Waals surface area contributed by atoms with E-state index in [4.69, 9.17) is 0 Å². The molecule has 0 fully saturated rings. The molecule has 0 radical (unpaired) electrons. The Bertz CT molecular complexity index is 536. The Morgan fingerprint density at radius 1 is 1.14 bits per heavy atom. The summed E-state index contributed by atoms with van der Waals surface area (Å²) >= 11 is 0. The molecule has 0 unspecified atom stereocenters. The fraction of sp³-hybridized carbons (Fsp3) is 0.125. The summed E-state index contributed by atoms with van der Waals surface area (Å²) in [5, 5.41) is 0. The summed E-state index contributed by atoms with van der Waals surface area (Å²) in [5.74, 6) is 0. The maximum Gasteiger partial charge on any atom is 0.322 e. The van der Waals surface area contributed by atoms with Crippen molar-refractivity contribution in [2.75, 3.05) is 0 Å². The molecule has 0 aliphatic heterocycles. The quantitative estimate of drug-likeness (QED) is 0.504. The second-order valence-electron chi connectivity index (χ2n) is 2.60. The molecule has 0 amide bonds. The minimum atomic E-state index is -0.579. The third kappa shape index (κ3) is 2.74. The van der Waals surface area contributed by atoms with Crippen LogP contribution in [0.15, 0.2) is 32.8 Å². The standard InChI is InChI=1S/C8H9N3O3/c1-5-4-10-8(14)9-3-2-6(12)11-7(5)13/h2-4H,1H3,(H2,9,10,14)(H,11,12,13). The molecule has 1 rings (SSSR count). The van der Waals surface area contributed by atoms with E-state index >= 15 is 0 Å². The van der Waals surface area contributed by atoms with E-state index in [-0.39, 0.29) is 5.56 Å². The Balaban J connectivity index is 3.71. The maximum atomic E-state index is 11.1. The lowest BCUT2D eigenvalue weighted by molar-refractivity contribution is 1.06. The van der Waals surface area contributed by atoms with Gasteiger partial charge in [-0.05, 0) is 6.92 Å². The van der Waals surface area contributed by atoms with Gasteiger partial charge in [0.05, 0.1) is 0 Å². The van der Waals surface area contributed by atoms with Crippen LogP contribution in [0.3, 0.4) is 0 Å². The minimum Gasteiger partial charge on any atom is -0.314 e. The van der Waals surface area contributed by atoms with Crippen molar-refractivity contribution in [2.24, 2.45) is 0 Å². The Hall–Kier alpha value is -2.11. The SMILES string of the molecule is Cc1c[nH]c(=O)[nH]ccc(=O)[nH]c1=O. The topological polar surface area (TPSA) is 98.6 Å². The molecule has 0 spiro atoms. The van der Waals surface area contributed by atoms with Crippen molar-refractivity contribution in [3.05, 3.63) is 55.2 Å². The fourth-order valence-electron chi connectivity index (χ4n) is 0.726. The Labute approximate surface area is 78.0 Å². The van der Waals surface area contributed by atoms with Crippen molar-refractivity contribution < 1.29 is 0 Å². The van der Waals surface area contributed by atoms with E-state index < -0.39 is 16.8 Å². The molecule has 0 aliphatic rings. The van der Waals surface area contributed by atoms with Crippen LogP contribution < -0.4 is 16.8 Å². The van der Waals surface area contributed by atoms with Crippen LogP contribution in [-0.4, -0.2) is 15.0 Å². The third-order valence-electron chi connectivity index (χ3n) is 1.46.